The molecule has 0 spiro atoms. The molecule has 164 valence electrons. The average Bonchev–Trinajstić information content (AvgIpc) is 2.89. The summed E-state index contributed by atoms with van der Waals surface area (Å²) in [4.78, 5) is 33.8. The topological polar surface area (TPSA) is 84.0 Å². The van der Waals surface area contributed by atoms with Crippen LogP contribution in [0.5, 0.6) is 0 Å². The third-order valence-corrected chi connectivity index (χ3v) is 5.35. The van der Waals surface area contributed by atoms with Gasteiger partial charge < -0.3 is 10.6 Å². The quantitative estimate of drug-likeness (QED) is 0.359. The number of hydrogen-bond acceptors (Lipinski definition) is 4. The molecule has 0 bridgehead atoms. The number of carbonyl (C=O) groups is 2. The van der Waals surface area contributed by atoms with Crippen LogP contribution in [0.25, 0.3) is 22.2 Å². The molecule has 0 aliphatic heterocycles. The van der Waals surface area contributed by atoms with E-state index in [-0.39, 0.29) is 11.8 Å². The first-order valence-electron chi connectivity index (χ1n) is 10.7. The summed E-state index contributed by atoms with van der Waals surface area (Å²) in [6.45, 7) is 0. The number of fused-ring (bicyclic) bond motifs is 1. The molecule has 6 heteroatoms. The first-order valence-corrected chi connectivity index (χ1v) is 10.7. The van der Waals surface area contributed by atoms with Crippen LogP contribution >= 0.6 is 0 Å². The van der Waals surface area contributed by atoms with Crippen molar-refractivity contribution in [2.75, 3.05) is 10.6 Å². The molecule has 0 aliphatic rings. The Bertz CT molecular complexity index is 1460. The molecule has 0 radical (unpaired) electrons. The number of pyridine rings is 2. The molecule has 5 aromatic rings. The van der Waals surface area contributed by atoms with Gasteiger partial charge in [-0.3, -0.25) is 19.6 Å². The maximum atomic E-state index is 12.7. The summed E-state index contributed by atoms with van der Waals surface area (Å²) in [7, 11) is 0. The number of nitrogens with zero attached hydrogens (tertiary/aromatic N) is 2. The molecule has 6 nitrogen and oxygen atoms in total. The highest BCUT2D eigenvalue weighted by Crippen LogP contribution is 2.19. The SMILES string of the molecule is O=C(Nc1ccccc1)c1ccc(-c2ccc(NC(=O)c3ccc4ccccc4c3)cn2)nc1. The largest absolute Gasteiger partial charge is 0.322 e. The van der Waals surface area contributed by atoms with E-state index < -0.39 is 0 Å². The minimum atomic E-state index is -0.232. The van der Waals surface area contributed by atoms with Gasteiger partial charge in [-0.15, -0.1) is 0 Å². The highest BCUT2D eigenvalue weighted by molar-refractivity contribution is 6.06. The van der Waals surface area contributed by atoms with Crippen molar-refractivity contribution >= 4 is 34.0 Å². The third-order valence-electron chi connectivity index (χ3n) is 5.35. The first-order chi connectivity index (χ1) is 16.7. The summed E-state index contributed by atoms with van der Waals surface area (Å²) in [5.41, 5.74) is 3.60. The van der Waals surface area contributed by atoms with Crippen LogP contribution < -0.4 is 10.6 Å². The van der Waals surface area contributed by atoms with E-state index in [2.05, 4.69) is 20.6 Å². The van der Waals surface area contributed by atoms with E-state index in [1.54, 1.807) is 36.5 Å². The van der Waals surface area contributed by atoms with E-state index >= 15 is 0 Å². The molecule has 0 saturated heterocycles. The van der Waals surface area contributed by atoms with Gasteiger partial charge in [0.1, 0.15) is 0 Å². The van der Waals surface area contributed by atoms with Gasteiger partial charge in [0, 0.05) is 17.4 Å². The lowest BCUT2D eigenvalue weighted by Gasteiger charge is -2.08. The molecule has 5 rings (SSSR count). The fourth-order valence-corrected chi connectivity index (χ4v) is 3.56. The summed E-state index contributed by atoms with van der Waals surface area (Å²) < 4.78 is 0. The molecule has 2 amide bonds. The fraction of sp³-hybridized carbons (Fsp3) is 0. The number of para-hydroxylation sites is 1. The number of aromatic nitrogens is 2. The molecule has 0 atom stereocenters. The van der Waals surface area contributed by atoms with E-state index in [1.807, 2.05) is 66.7 Å². The fourth-order valence-electron chi connectivity index (χ4n) is 3.56. The van der Waals surface area contributed by atoms with Crippen molar-refractivity contribution in [3.05, 3.63) is 121 Å². The zero-order valence-corrected chi connectivity index (χ0v) is 18.1. The molecular formula is C28H20N4O2. The van der Waals surface area contributed by atoms with E-state index in [0.717, 1.165) is 16.5 Å². The van der Waals surface area contributed by atoms with Crippen molar-refractivity contribution in [2.45, 2.75) is 0 Å². The summed E-state index contributed by atoms with van der Waals surface area (Å²) >= 11 is 0. The predicted molar refractivity (Wildman–Crippen MR) is 134 cm³/mol. The molecule has 0 saturated carbocycles. The number of anilines is 2. The number of carbonyl (C=O) groups excluding carboxylic acids is 2. The minimum absolute atomic E-state index is 0.202. The van der Waals surface area contributed by atoms with Crippen molar-refractivity contribution in [3.63, 3.8) is 0 Å². The van der Waals surface area contributed by atoms with Gasteiger partial charge in [0.2, 0.25) is 0 Å². The summed E-state index contributed by atoms with van der Waals surface area (Å²) in [6, 6.07) is 29.8. The van der Waals surface area contributed by atoms with Crippen LogP contribution in [0.15, 0.2) is 109 Å². The highest BCUT2D eigenvalue weighted by Gasteiger charge is 2.10. The second-order valence-electron chi connectivity index (χ2n) is 7.70. The maximum Gasteiger partial charge on any atom is 0.257 e. The Morgan fingerprint density at radius 1 is 0.529 bits per heavy atom. The lowest BCUT2D eigenvalue weighted by Crippen LogP contribution is -2.12. The molecule has 2 aromatic heterocycles. The van der Waals surface area contributed by atoms with Gasteiger partial charge in [0.05, 0.1) is 28.8 Å². The van der Waals surface area contributed by atoms with E-state index in [4.69, 9.17) is 0 Å². The Balaban J connectivity index is 1.25. The molecule has 2 N–H and O–H groups in total. The van der Waals surface area contributed by atoms with Crippen molar-refractivity contribution in [3.8, 4) is 11.4 Å². The lowest BCUT2D eigenvalue weighted by atomic mass is 10.1. The van der Waals surface area contributed by atoms with Crippen LogP contribution in [-0.2, 0) is 0 Å². The zero-order valence-electron chi connectivity index (χ0n) is 18.1. The van der Waals surface area contributed by atoms with Gasteiger partial charge >= 0.3 is 0 Å². The van der Waals surface area contributed by atoms with Gasteiger partial charge in [-0.2, -0.15) is 0 Å². The molecular weight excluding hydrogens is 424 g/mol. The smallest absolute Gasteiger partial charge is 0.257 e. The zero-order chi connectivity index (χ0) is 23.3. The van der Waals surface area contributed by atoms with Crippen LogP contribution in [0.4, 0.5) is 11.4 Å². The Morgan fingerprint density at radius 3 is 1.85 bits per heavy atom. The molecule has 0 unspecified atom stereocenters. The molecule has 0 aliphatic carbocycles. The van der Waals surface area contributed by atoms with Crippen molar-refractivity contribution < 1.29 is 9.59 Å². The average molecular weight is 444 g/mol. The van der Waals surface area contributed by atoms with Crippen LogP contribution in [0.3, 0.4) is 0 Å². The number of hydrogen-bond donors (Lipinski definition) is 2. The highest BCUT2D eigenvalue weighted by atomic mass is 16.2. The minimum Gasteiger partial charge on any atom is -0.322 e. The second-order valence-corrected chi connectivity index (χ2v) is 7.70. The predicted octanol–water partition coefficient (Wildman–Crippen LogP) is 5.80. The summed E-state index contributed by atoms with van der Waals surface area (Å²) in [5.74, 6) is -0.433. The Morgan fingerprint density at radius 2 is 1.15 bits per heavy atom. The van der Waals surface area contributed by atoms with Crippen molar-refractivity contribution in [1.82, 2.24) is 9.97 Å². The standard InChI is InChI=1S/C28H20N4O2/c33-27(21-11-10-19-6-4-5-7-20(19)16-21)32-24-13-15-26(30-18-24)25-14-12-22(17-29-25)28(34)31-23-8-2-1-3-9-23/h1-18H,(H,31,34)(H,32,33). The van der Waals surface area contributed by atoms with E-state index in [0.29, 0.717) is 28.2 Å². The van der Waals surface area contributed by atoms with Crippen LogP contribution in [-0.4, -0.2) is 21.8 Å². The molecule has 0 fully saturated rings. The van der Waals surface area contributed by atoms with Crippen molar-refractivity contribution in [1.29, 1.82) is 0 Å². The van der Waals surface area contributed by atoms with Gasteiger partial charge in [0.25, 0.3) is 11.8 Å². The van der Waals surface area contributed by atoms with Gasteiger partial charge in [-0.1, -0.05) is 48.5 Å². The molecule has 3 aromatic carbocycles. The Kier molecular flexibility index (Phi) is 5.78. The molecule has 2 heterocycles. The Hall–Kier alpha value is -4.84. The van der Waals surface area contributed by atoms with Gasteiger partial charge in [-0.05, 0) is 59.3 Å². The van der Waals surface area contributed by atoms with Crippen LogP contribution in [0, 0.1) is 0 Å². The number of amides is 2. The van der Waals surface area contributed by atoms with Gasteiger partial charge in [0.15, 0.2) is 0 Å². The van der Waals surface area contributed by atoms with Crippen molar-refractivity contribution in [2.24, 2.45) is 0 Å². The normalized spacial score (nSPS) is 10.6. The van der Waals surface area contributed by atoms with E-state index in [1.165, 1.54) is 6.20 Å². The first kappa shape index (κ1) is 21.0. The third kappa shape index (κ3) is 4.66. The van der Waals surface area contributed by atoms with Crippen LogP contribution in [0.2, 0.25) is 0 Å². The van der Waals surface area contributed by atoms with Gasteiger partial charge in [-0.25, -0.2) is 0 Å². The number of benzene rings is 3. The summed E-state index contributed by atoms with van der Waals surface area (Å²) in [5, 5.41) is 7.80. The Labute approximate surface area is 196 Å². The maximum absolute atomic E-state index is 12.7. The van der Waals surface area contributed by atoms with Crippen LogP contribution in [0.1, 0.15) is 20.7 Å². The number of nitrogens with one attached hydrogen (secondary N) is 2. The number of rotatable bonds is 5. The monoisotopic (exact) mass is 444 g/mol. The molecule has 34 heavy (non-hydrogen) atoms. The second kappa shape index (κ2) is 9.34. The van der Waals surface area contributed by atoms with E-state index in [9.17, 15) is 9.59 Å². The summed E-state index contributed by atoms with van der Waals surface area (Å²) in [6.07, 6.45) is 3.11. The lowest BCUT2D eigenvalue weighted by molar-refractivity contribution is 0.101.